The van der Waals surface area contributed by atoms with Crippen molar-refractivity contribution in [2.75, 3.05) is 0 Å². The number of hydrogen-bond donors (Lipinski definition) is 0. The normalized spacial score (nSPS) is 18.1. The fraction of sp³-hybridized carbons (Fsp3) is 0.429. The topological polar surface area (TPSA) is 69.7 Å². The third-order valence-electron chi connectivity index (χ3n) is 2.85. The van der Waals surface area contributed by atoms with Crippen LogP contribution in [0.15, 0.2) is 24.3 Å². The number of rotatable bonds is 1. The third kappa shape index (κ3) is 2.70. The van der Waals surface area contributed by atoms with Crippen molar-refractivity contribution in [1.82, 2.24) is 4.90 Å². The molecule has 1 unspecified atom stereocenters. The molecule has 0 saturated carbocycles. The standard InChI is InChI=1S/C14H17NO4/c1-14(2,3)19-13(18)15-8-9-6-4-5-7-10(9)11(15)12(16)17/h4-7,11H,8H2,1-3H3,(H,16,17)/p-1. The lowest BCUT2D eigenvalue weighted by Crippen LogP contribution is -2.42. The van der Waals surface area contributed by atoms with Crippen molar-refractivity contribution in [2.24, 2.45) is 0 Å². The molecule has 0 aliphatic carbocycles. The maximum atomic E-state index is 12.1. The average molecular weight is 262 g/mol. The summed E-state index contributed by atoms with van der Waals surface area (Å²) in [5.41, 5.74) is 0.735. The lowest BCUT2D eigenvalue weighted by Gasteiger charge is -2.29. The van der Waals surface area contributed by atoms with E-state index in [0.29, 0.717) is 5.56 Å². The van der Waals surface area contributed by atoms with E-state index in [1.165, 1.54) is 4.90 Å². The zero-order chi connectivity index (χ0) is 14.2. The highest BCUT2D eigenvalue weighted by Crippen LogP contribution is 2.34. The fourth-order valence-corrected chi connectivity index (χ4v) is 2.13. The van der Waals surface area contributed by atoms with Gasteiger partial charge >= 0.3 is 6.09 Å². The molecule has 5 nitrogen and oxygen atoms in total. The van der Waals surface area contributed by atoms with Gasteiger partial charge in [-0.15, -0.1) is 0 Å². The van der Waals surface area contributed by atoms with Gasteiger partial charge in [0.05, 0.1) is 12.5 Å². The molecule has 2 rings (SSSR count). The van der Waals surface area contributed by atoms with Gasteiger partial charge in [0.1, 0.15) is 11.6 Å². The summed E-state index contributed by atoms with van der Waals surface area (Å²) in [6, 6.07) is 5.97. The summed E-state index contributed by atoms with van der Waals surface area (Å²) in [5.74, 6) is -1.30. The van der Waals surface area contributed by atoms with Gasteiger partial charge in [-0.1, -0.05) is 24.3 Å². The van der Waals surface area contributed by atoms with Gasteiger partial charge in [0.15, 0.2) is 0 Å². The zero-order valence-corrected chi connectivity index (χ0v) is 11.2. The van der Waals surface area contributed by atoms with E-state index in [1.807, 2.05) is 6.07 Å². The Kier molecular flexibility index (Phi) is 3.22. The van der Waals surface area contributed by atoms with E-state index in [0.717, 1.165) is 5.56 Å². The summed E-state index contributed by atoms with van der Waals surface area (Å²) < 4.78 is 5.23. The first-order valence-electron chi connectivity index (χ1n) is 6.08. The number of nitrogens with zero attached hydrogens (tertiary/aromatic N) is 1. The molecule has 0 spiro atoms. The van der Waals surface area contributed by atoms with E-state index in [2.05, 4.69) is 0 Å². The number of hydrogen-bond acceptors (Lipinski definition) is 4. The van der Waals surface area contributed by atoms with Crippen molar-refractivity contribution in [3.05, 3.63) is 35.4 Å². The minimum atomic E-state index is -1.30. The lowest BCUT2D eigenvalue weighted by atomic mass is 10.1. The van der Waals surface area contributed by atoms with Gasteiger partial charge in [-0.05, 0) is 31.9 Å². The molecule has 1 aromatic carbocycles. The summed E-state index contributed by atoms with van der Waals surface area (Å²) in [6.07, 6.45) is -0.641. The van der Waals surface area contributed by atoms with E-state index in [9.17, 15) is 14.7 Å². The monoisotopic (exact) mass is 262 g/mol. The number of carbonyl (C=O) groups is 2. The summed E-state index contributed by atoms with van der Waals surface area (Å²) in [4.78, 5) is 24.5. The maximum Gasteiger partial charge on any atom is 0.411 e. The van der Waals surface area contributed by atoms with E-state index < -0.39 is 23.7 Å². The second kappa shape index (κ2) is 4.57. The number of carboxylic acids is 1. The number of fused-ring (bicyclic) bond motifs is 1. The first-order valence-corrected chi connectivity index (χ1v) is 6.08. The first kappa shape index (κ1) is 13.4. The van der Waals surface area contributed by atoms with Crippen LogP contribution < -0.4 is 5.11 Å². The highest BCUT2D eigenvalue weighted by molar-refractivity contribution is 5.82. The second-order valence-corrected chi connectivity index (χ2v) is 5.53. The quantitative estimate of drug-likeness (QED) is 0.763. The molecular formula is C14H16NO4-. The van der Waals surface area contributed by atoms with Crippen LogP contribution in [0.1, 0.15) is 37.9 Å². The van der Waals surface area contributed by atoms with Crippen molar-refractivity contribution < 1.29 is 19.4 Å². The van der Waals surface area contributed by atoms with Crippen LogP contribution in [-0.4, -0.2) is 22.6 Å². The number of carboxylic acid groups (broad SMARTS) is 1. The molecule has 1 atom stereocenters. The maximum absolute atomic E-state index is 12.1. The second-order valence-electron chi connectivity index (χ2n) is 5.53. The molecule has 1 aromatic rings. The SMILES string of the molecule is CC(C)(C)OC(=O)N1Cc2ccccc2C1C(=O)[O-]. The summed E-state index contributed by atoms with van der Waals surface area (Å²) >= 11 is 0. The molecule has 0 fully saturated rings. The average Bonchev–Trinajstić information content (AvgIpc) is 2.65. The van der Waals surface area contributed by atoms with Crippen molar-refractivity contribution in [3.8, 4) is 0 Å². The van der Waals surface area contributed by atoms with E-state index in [4.69, 9.17) is 4.74 Å². The van der Waals surface area contributed by atoms with Gasteiger partial charge in [-0.2, -0.15) is 0 Å². The van der Waals surface area contributed by atoms with E-state index >= 15 is 0 Å². The van der Waals surface area contributed by atoms with Crippen LogP contribution in [0.5, 0.6) is 0 Å². The number of benzene rings is 1. The number of carbonyl (C=O) groups excluding carboxylic acids is 2. The predicted octanol–water partition coefficient (Wildman–Crippen LogP) is 1.23. The Morgan fingerprint density at radius 2 is 1.95 bits per heavy atom. The molecule has 0 radical (unpaired) electrons. The zero-order valence-electron chi connectivity index (χ0n) is 11.2. The van der Waals surface area contributed by atoms with Crippen molar-refractivity contribution in [3.63, 3.8) is 0 Å². The minimum Gasteiger partial charge on any atom is -0.548 e. The van der Waals surface area contributed by atoms with Crippen LogP contribution in [0.4, 0.5) is 4.79 Å². The molecule has 102 valence electrons. The Hall–Kier alpha value is -2.04. The first-order chi connectivity index (χ1) is 8.79. The van der Waals surface area contributed by atoms with E-state index in [-0.39, 0.29) is 6.54 Å². The van der Waals surface area contributed by atoms with Crippen LogP contribution in [0.2, 0.25) is 0 Å². The van der Waals surface area contributed by atoms with Gasteiger partial charge in [0.2, 0.25) is 0 Å². The van der Waals surface area contributed by atoms with Crippen LogP contribution in [0, 0.1) is 0 Å². The third-order valence-corrected chi connectivity index (χ3v) is 2.85. The molecule has 1 aliphatic heterocycles. The molecule has 1 aliphatic rings. The Labute approximate surface area is 111 Å². The summed E-state index contributed by atoms with van der Waals surface area (Å²) in [6.45, 7) is 5.44. The van der Waals surface area contributed by atoms with Gasteiger partial charge in [0, 0.05) is 0 Å². The highest BCUT2D eigenvalue weighted by atomic mass is 16.6. The smallest absolute Gasteiger partial charge is 0.411 e. The van der Waals surface area contributed by atoms with Gasteiger partial charge in [-0.3, -0.25) is 4.90 Å². The summed E-state index contributed by atoms with van der Waals surface area (Å²) in [7, 11) is 0. The molecule has 19 heavy (non-hydrogen) atoms. The molecule has 5 heteroatoms. The number of amides is 1. The Balaban J connectivity index is 2.29. The Bertz CT molecular complexity index is 518. The molecule has 1 heterocycles. The Morgan fingerprint density at radius 1 is 1.32 bits per heavy atom. The van der Waals surface area contributed by atoms with Crippen LogP contribution in [-0.2, 0) is 16.1 Å². The van der Waals surface area contributed by atoms with E-state index in [1.54, 1.807) is 39.0 Å². The number of ether oxygens (including phenoxy) is 1. The van der Waals surface area contributed by atoms with Gasteiger partial charge < -0.3 is 14.6 Å². The van der Waals surface area contributed by atoms with Crippen LogP contribution in [0.25, 0.3) is 0 Å². The van der Waals surface area contributed by atoms with Gasteiger partial charge in [-0.25, -0.2) is 4.79 Å². The van der Waals surface area contributed by atoms with Gasteiger partial charge in [0.25, 0.3) is 0 Å². The molecular weight excluding hydrogens is 246 g/mol. The molecule has 0 N–H and O–H groups in total. The highest BCUT2D eigenvalue weighted by Gasteiger charge is 2.36. The minimum absolute atomic E-state index is 0.226. The van der Waals surface area contributed by atoms with Crippen LogP contribution in [0.3, 0.4) is 0 Å². The van der Waals surface area contributed by atoms with Crippen molar-refractivity contribution in [2.45, 2.75) is 39.0 Å². The summed E-state index contributed by atoms with van der Waals surface area (Å²) in [5, 5.41) is 11.3. The lowest BCUT2D eigenvalue weighted by molar-refractivity contribution is -0.311. The number of aliphatic carboxylic acids is 1. The molecule has 0 aromatic heterocycles. The largest absolute Gasteiger partial charge is 0.548 e. The fourth-order valence-electron chi connectivity index (χ4n) is 2.13. The molecule has 1 amide bonds. The predicted molar refractivity (Wildman–Crippen MR) is 66.0 cm³/mol. The Morgan fingerprint density at radius 3 is 2.53 bits per heavy atom. The molecule has 0 saturated heterocycles. The molecule has 0 bridgehead atoms. The van der Waals surface area contributed by atoms with Crippen LogP contribution >= 0.6 is 0 Å². The van der Waals surface area contributed by atoms with Crippen molar-refractivity contribution >= 4 is 12.1 Å². The van der Waals surface area contributed by atoms with Crippen molar-refractivity contribution in [1.29, 1.82) is 0 Å².